The largest absolute Gasteiger partial charge is 0.399 e. The Morgan fingerprint density at radius 1 is 1.37 bits per heavy atom. The first-order valence-electron chi connectivity index (χ1n) is 6.28. The van der Waals surface area contributed by atoms with Crippen LogP contribution in [0.3, 0.4) is 0 Å². The molecule has 5 heteroatoms. The van der Waals surface area contributed by atoms with E-state index in [4.69, 9.17) is 5.73 Å². The molecule has 98 valence electrons. The van der Waals surface area contributed by atoms with Crippen molar-refractivity contribution in [1.82, 2.24) is 14.5 Å². The van der Waals surface area contributed by atoms with E-state index in [2.05, 4.69) is 11.1 Å². The number of carbonyl (C=O) groups excluding carboxylic acids is 1. The van der Waals surface area contributed by atoms with Gasteiger partial charge in [-0.05, 0) is 29.7 Å². The molecule has 0 saturated heterocycles. The summed E-state index contributed by atoms with van der Waals surface area (Å²) in [5.41, 5.74) is 9.59. The fourth-order valence-electron chi connectivity index (χ4n) is 2.48. The SMILES string of the molecule is Cn1cncc1C(=O)N1CCc2ccc(N)cc2C1. The molecule has 1 aromatic carbocycles. The maximum atomic E-state index is 12.4. The highest BCUT2D eigenvalue weighted by molar-refractivity contribution is 5.92. The van der Waals surface area contributed by atoms with Crippen molar-refractivity contribution < 1.29 is 4.79 Å². The van der Waals surface area contributed by atoms with Crippen molar-refractivity contribution in [3.05, 3.63) is 47.5 Å². The highest BCUT2D eigenvalue weighted by Crippen LogP contribution is 2.22. The lowest BCUT2D eigenvalue weighted by Crippen LogP contribution is -2.36. The molecule has 1 amide bonds. The van der Waals surface area contributed by atoms with E-state index in [1.807, 2.05) is 24.1 Å². The first kappa shape index (κ1) is 11.8. The minimum atomic E-state index is 0.0214. The number of nitrogens with zero attached hydrogens (tertiary/aromatic N) is 3. The fourth-order valence-corrected chi connectivity index (χ4v) is 2.48. The highest BCUT2D eigenvalue weighted by atomic mass is 16.2. The van der Waals surface area contributed by atoms with Crippen molar-refractivity contribution >= 4 is 11.6 Å². The zero-order valence-electron chi connectivity index (χ0n) is 10.8. The Labute approximate surface area is 111 Å². The third kappa shape index (κ3) is 2.07. The minimum Gasteiger partial charge on any atom is -0.399 e. The molecule has 0 aliphatic carbocycles. The molecule has 1 aromatic heterocycles. The van der Waals surface area contributed by atoms with Gasteiger partial charge in [0.15, 0.2) is 0 Å². The van der Waals surface area contributed by atoms with E-state index in [1.165, 1.54) is 5.56 Å². The summed E-state index contributed by atoms with van der Waals surface area (Å²) >= 11 is 0. The van der Waals surface area contributed by atoms with Crippen molar-refractivity contribution in [3.8, 4) is 0 Å². The highest BCUT2D eigenvalue weighted by Gasteiger charge is 2.23. The molecule has 0 bridgehead atoms. The van der Waals surface area contributed by atoms with Gasteiger partial charge in [-0.1, -0.05) is 6.07 Å². The number of carbonyl (C=O) groups is 1. The minimum absolute atomic E-state index is 0.0214. The second kappa shape index (κ2) is 4.42. The van der Waals surface area contributed by atoms with Crippen LogP contribution >= 0.6 is 0 Å². The number of hydrogen-bond acceptors (Lipinski definition) is 3. The molecule has 19 heavy (non-hydrogen) atoms. The lowest BCUT2D eigenvalue weighted by atomic mass is 9.99. The lowest BCUT2D eigenvalue weighted by Gasteiger charge is -2.29. The Kier molecular flexibility index (Phi) is 2.74. The summed E-state index contributed by atoms with van der Waals surface area (Å²) < 4.78 is 1.75. The average molecular weight is 256 g/mol. The zero-order chi connectivity index (χ0) is 13.4. The van der Waals surface area contributed by atoms with Crippen LogP contribution in [0.5, 0.6) is 0 Å². The van der Waals surface area contributed by atoms with Crippen molar-refractivity contribution in [2.24, 2.45) is 7.05 Å². The quantitative estimate of drug-likeness (QED) is 0.780. The molecule has 0 radical (unpaired) electrons. The smallest absolute Gasteiger partial charge is 0.272 e. The predicted octanol–water partition coefficient (Wildman–Crippen LogP) is 1.20. The molecule has 0 saturated carbocycles. The van der Waals surface area contributed by atoms with Crippen molar-refractivity contribution in [1.29, 1.82) is 0 Å². The average Bonchev–Trinajstić information content (AvgIpc) is 2.83. The van der Waals surface area contributed by atoms with E-state index in [9.17, 15) is 4.79 Å². The Morgan fingerprint density at radius 2 is 2.21 bits per heavy atom. The van der Waals surface area contributed by atoms with Gasteiger partial charge >= 0.3 is 0 Å². The van der Waals surface area contributed by atoms with E-state index >= 15 is 0 Å². The number of hydrogen-bond donors (Lipinski definition) is 1. The van der Waals surface area contributed by atoms with E-state index < -0.39 is 0 Å². The van der Waals surface area contributed by atoms with Gasteiger partial charge in [0, 0.05) is 25.8 Å². The third-order valence-electron chi connectivity index (χ3n) is 3.57. The second-order valence-corrected chi connectivity index (χ2v) is 4.89. The molecule has 3 rings (SSSR count). The van der Waals surface area contributed by atoms with Crippen LogP contribution in [0.1, 0.15) is 21.6 Å². The van der Waals surface area contributed by atoms with Crippen LogP contribution in [0.25, 0.3) is 0 Å². The van der Waals surface area contributed by atoms with Gasteiger partial charge in [0.2, 0.25) is 0 Å². The Bertz CT molecular complexity index is 632. The van der Waals surface area contributed by atoms with Gasteiger partial charge in [0.05, 0.1) is 12.5 Å². The summed E-state index contributed by atoms with van der Waals surface area (Å²) in [5, 5.41) is 0. The molecular formula is C14H16N4O. The summed E-state index contributed by atoms with van der Waals surface area (Å²) in [6.45, 7) is 1.35. The molecule has 5 nitrogen and oxygen atoms in total. The number of benzene rings is 1. The summed E-state index contributed by atoms with van der Waals surface area (Å²) in [6, 6.07) is 5.92. The monoisotopic (exact) mass is 256 g/mol. The summed E-state index contributed by atoms with van der Waals surface area (Å²) in [7, 11) is 1.83. The van der Waals surface area contributed by atoms with E-state index in [0.29, 0.717) is 12.2 Å². The molecular weight excluding hydrogens is 240 g/mol. The Hall–Kier alpha value is -2.30. The molecule has 1 aliphatic heterocycles. The number of nitrogen functional groups attached to an aromatic ring is 1. The van der Waals surface area contributed by atoms with Crippen LogP contribution in [-0.2, 0) is 20.0 Å². The van der Waals surface area contributed by atoms with Crippen LogP contribution in [0.4, 0.5) is 5.69 Å². The number of rotatable bonds is 1. The number of anilines is 1. The van der Waals surface area contributed by atoms with Crippen molar-refractivity contribution in [2.45, 2.75) is 13.0 Å². The number of fused-ring (bicyclic) bond motifs is 1. The number of aromatic nitrogens is 2. The molecule has 2 aromatic rings. The molecule has 0 atom stereocenters. The Balaban J connectivity index is 1.86. The molecule has 0 unspecified atom stereocenters. The normalized spacial score (nSPS) is 14.3. The van der Waals surface area contributed by atoms with Gasteiger partial charge in [-0.25, -0.2) is 4.98 Å². The third-order valence-corrected chi connectivity index (χ3v) is 3.57. The van der Waals surface area contributed by atoms with Gasteiger partial charge in [0.25, 0.3) is 5.91 Å². The Morgan fingerprint density at radius 3 is 2.95 bits per heavy atom. The molecule has 0 spiro atoms. The van der Waals surface area contributed by atoms with E-state index in [1.54, 1.807) is 17.1 Å². The van der Waals surface area contributed by atoms with E-state index in [0.717, 1.165) is 24.2 Å². The van der Waals surface area contributed by atoms with Crippen molar-refractivity contribution in [3.63, 3.8) is 0 Å². The van der Waals surface area contributed by atoms with Gasteiger partial charge in [-0.2, -0.15) is 0 Å². The first-order valence-corrected chi connectivity index (χ1v) is 6.28. The molecule has 2 N–H and O–H groups in total. The van der Waals surface area contributed by atoms with E-state index in [-0.39, 0.29) is 5.91 Å². The topological polar surface area (TPSA) is 64.2 Å². The number of nitrogens with two attached hydrogens (primary N) is 1. The maximum Gasteiger partial charge on any atom is 0.272 e. The number of imidazole rings is 1. The second-order valence-electron chi connectivity index (χ2n) is 4.89. The lowest BCUT2D eigenvalue weighted by molar-refractivity contribution is 0.0725. The molecule has 1 aliphatic rings. The fraction of sp³-hybridized carbons (Fsp3) is 0.286. The van der Waals surface area contributed by atoms with Crippen LogP contribution in [0.15, 0.2) is 30.7 Å². The summed E-state index contributed by atoms with van der Waals surface area (Å²) in [5.74, 6) is 0.0214. The standard InChI is InChI=1S/C14H16N4O/c1-17-9-16-7-13(17)14(19)18-5-4-10-2-3-12(15)6-11(10)8-18/h2-3,6-7,9H,4-5,8,15H2,1H3. The van der Waals surface area contributed by atoms with Gasteiger partial charge < -0.3 is 15.2 Å². The maximum absolute atomic E-state index is 12.4. The number of aryl methyl sites for hydroxylation is 1. The summed E-state index contributed by atoms with van der Waals surface area (Å²) in [4.78, 5) is 18.2. The van der Waals surface area contributed by atoms with Crippen LogP contribution < -0.4 is 5.73 Å². The molecule has 2 heterocycles. The zero-order valence-corrected chi connectivity index (χ0v) is 10.8. The van der Waals surface area contributed by atoms with Gasteiger partial charge in [-0.15, -0.1) is 0 Å². The number of amides is 1. The summed E-state index contributed by atoms with van der Waals surface area (Å²) in [6.07, 6.45) is 4.12. The van der Waals surface area contributed by atoms with Gasteiger partial charge in [-0.3, -0.25) is 4.79 Å². The van der Waals surface area contributed by atoms with Crippen LogP contribution in [-0.4, -0.2) is 26.9 Å². The van der Waals surface area contributed by atoms with Crippen LogP contribution in [0.2, 0.25) is 0 Å². The van der Waals surface area contributed by atoms with Gasteiger partial charge in [0.1, 0.15) is 5.69 Å². The first-order chi connectivity index (χ1) is 9.15. The van der Waals surface area contributed by atoms with Crippen LogP contribution in [0, 0.1) is 0 Å². The predicted molar refractivity (Wildman–Crippen MR) is 72.5 cm³/mol. The molecule has 0 fully saturated rings. The van der Waals surface area contributed by atoms with Crippen molar-refractivity contribution in [2.75, 3.05) is 12.3 Å².